The Labute approximate surface area is 141 Å². The van der Waals surface area contributed by atoms with Gasteiger partial charge in [-0.3, -0.25) is 4.21 Å². The lowest BCUT2D eigenvalue weighted by atomic mass is 9.99. The predicted molar refractivity (Wildman–Crippen MR) is 97.3 cm³/mol. The molecule has 0 aromatic heterocycles. The second-order valence-corrected chi connectivity index (χ2v) is 7.21. The first-order valence-electron chi connectivity index (χ1n) is 6.94. The summed E-state index contributed by atoms with van der Waals surface area (Å²) in [4.78, 5) is 0.865. The molecule has 1 unspecified atom stereocenters. The Morgan fingerprint density at radius 3 is 2.18 bits per heavy atom. The molecule has 0 aliphatic heterocycles. The smallest absolute Gasteiger partial charge is 0.0504 e. The Kier molecular flexibility index (Phi) is 4.55. The minimum Gasteiger partial charge on any atom is -0.255 e. The van der Waals surface area contributed by atoms with Gasteiger partial charge in [-0.1, -0.05) is 70.5 Å². The average molecular weight is 371 g/mol. The summed E-state index contributed by atoms with van der Waals surface area (Å²) in [5, 5.41) is 0. The first kappa shape index (κ1) is 15.2. The molecule has 0 saturated heterocycles. The van der Waals surface area contributed by atoms with Crippen LogP contribution >= 0.6 is 15.9 Å². The molecule has 1 atom stereocenters. The van der Waals surface area contributed by atoms with Gasteiger partial charge in [0.05, 0.1) is 10.8 Å². The number of hydrogen-bond acceptors (Lipinski definition) is 1. The Morgan fingerprint density at radius 2 is 1.45 bits per heavy atom. The van der Waals surface area contributed by atoms with Crippen molar-refractivity contribution in [3.63, 3.8) is 0 Å². The van der Waals surface area contributed by atoms with Gasteiger partial charge in [0.15, 0.2) is 0 Å². The van der Waals surface area contributed by atoms with Crippen molar-refractivity contribution in [2.75, 3.05) is 6.26 Å². The monoisotopic (exact) mass is 370 g/mol. The van der Waals surface area contributed by atoms with Crippen LogP contribution in [0.4, 0.5) is 0 Å². The van der Waals surface area contributed by atoms with E-state index in [4.69, 9.17) is 0 Å². The number of rotatable bonds is 3. The first-order valence-corrected chi connectivity index (χ1v) is 9.30. The van der Waals surface area contributed by atoms with Gasteiger partial charge >= 0.3 is 0 Å². The number of hydrogen-bond donors (Lipinski definition) is 0. The maximum Gasteiger partial charge on any atom is 0.0504 e. The molecule has 3 aromatic rings. The van der Waals surface area contributed by atoms with Gasteiger partial charge < -0.3 is 0 Å². The van der Waals surface area contributed by atoms with Crippen LogP contribution in [0.2, 0.25) is 0 Å². The van der Waals surface area contributed by atoms with Crippen molar-refractivity contribution in [2.24, 2.45) is 0 Å². The molecule has 0 spiro atoms. The van der Waals surface area contributed by atoms with Crippen molar-refractivity contribution < 1.29 is 4.21 Å². The van der Waals surface area contributed by atoms with Crippen LogP contribution in [-0.4, -0.2) is 10.5 Å². The second kappa shape index (κ2) is 6.59. The van der Waals surface area contributed by atoms with E-state index in [2.05, 4.69) is 40.2 Å². The van der Waals surface area contributed by atoms with Crippen LogP contribution < -0.4 is 0 Å². The zero-order valence-corrected chi connectivity index (χ0v) is 14.5. The molecule has 0 saturated carbocycles. The second-order valence-electron chi connectivity index (χ2n) is 5.01. The van der Waals surface area contributed by atoms with Crippen LogP contribution in [0.5, 0.6) is 0 Å². The van der Waals surface area contributed by atoms with Gasteiger partial charge in [-0.05, 0) is 40.5 Å². The maximum atomic E-state index is 12.0. The van der Waals surface area contributed by atoms with Crippen LogP contribution in [0.25, 0.3) is 22.3 Å². The topological polar surface area (TPSA) is 17.1 Å². The summed E-state index contributed by atoms with van der Waals surface area (Å²) in [6, 6.07) is 24.4. The molecule has 0 aliphatic rings. The van der Waals surface area contributed by atoms with Gasteiger partial charge in [0, 0.05) is 15.6 Å². The van der Waals surface area contributed by atoms with E-state index in [0.717, 1.165) is 31.6 Å². The third-order valence-electron chi connectivity index (χ3n) is 3.56. The lowest BCUT2D eigenvalue weighted by molar-refractivity contribution is 0.687. The molecule has 0 N–H and O–H groups in total. The Hall–Kier alpha value is -1.71. The Balaban J connectivity index is 2.17. The van der Waals surface area contributed by atoms with Crippen molar-refractivity contribution in [3.8, 4) is 22.3 Å². The molecule has 110 valence electrons. The molecule has 3 aromatic carbocycles. The minimum atomic E-state index is -1.01. The van der Waals surface area contributed by atoms with E-state index >= 15 is 0 Å². The first-order chi connectivity index (χ1) is 10.7. The van der Waals surface area contributed by atoms with E-state index in [1.165, 1.54) is 0 Å². The minimum absolute atomic E-state index is 0.865. The molecule has 3 rings (SSSR count). The summed E-state index contributed by atoms with van der Waals surface area (Å²) in [6.07, 6.45) is 1.72. The standard InChI is InChI=1S/C19H15BrOS/c1-22(21)19-10-6-5-9-16(19)15-11-12-18(20)17(13-15)14-7-3-2-4-8-14/h2-13H,1H3. The largest absolute Gasteiger partial charge is 0.255 e. The van der Waals surface area contributed by atoms with Gasteiger partial charge in [-0.2, -0.15) is 0 Å². The highest BCUT2D eigenvalue weighted by atomic mass is 79.9. The van der Waals surface area contributed by atoms with Crippen LogP contribution in [0.15, 0.2) is 82.2 Å². The predicted octanol–water partition coefficient (Wildman–Crippen LogP) is 5.52. The molecule has 1 nitrogen and oxygen atoms in total. The Bertz CT molecular complexity index is 828. The lowest BCUT2D eigenvalue weighted by Crippen LogP contribution is -1.92. The normalized spacial score (nSPS) is 12.1. The van der Waals surface area contributed by atoms with Crippen LogP contribution in [0.1, 0.15) is 0 Å². The van der Waals surface area contributed by atoms with Crippen molar-refractivity contribution in [3.05, 3.63) is 77.3 Å². The zero-order chi connectivity index (χ0) is 15.5. The van der Waals surface area contributed by atoms with Crippen molar-refractivity contribution in [1.82, 2.24) is 0 Å². The third kappa shape index (κ3) is 3.06. The molecule has 0 aliphatic carbocycles. The Morgan fingerprint density at radius 1 is 0.773 bits per heavy atom. The summed E-state index contributed by atoms with van der Waals surface area (Å²) in [7, 11) is -1.01. The van der Waals surface area contributed by atoms with Gasteiger partial charge in [-0.25, -0.2) is 0 Å². The van der Waals surface area contributed by atoms with Gasteiger partial charge in [0.1, 0.15) is 0 Å². The molecule has 0 heterocycles. The molecule has 0 bridgehead atoms. The van der Waals surface area contributed by atoms with Crippen LogP contribution in [0.3, 0.4) is 0 Å². The molecule has 22 heavy (non-hydrogen) atoms. The van der Waals surface area contributed by atoms with E-state index in [0.29, 0.717) is 0 Å². The highest BCUT2D eigenvalue weighted by molar-refractivity contribution is 9.10. The zero-order valence-electron chi connectivity index (χ0n) is 12.1. The highest BCUT2D eigenvalue weighted by Gasteiger charge is 2.10. The summed E-state index contributed by atoms with van der Waals surface area (Å²) >= 11 is 3.63. The van der Waals surface area contributed by atoms with Crippen LogP contribution in [-0.2, 0) is 10.8 Å². The molecule has 0 fully saturated rings. The van der Waals surface area contributed by atoms with E-state index < -0.39 is 10.8 Å². The van der Waals surface area contributed by atoms with Gasteiger partial charge in [-0.15, -0.1) is 0 Å². The molecule has 0 amide bonds. The number of benzene rings is 3. The molecular weight excluding hydrogens is 356 g/mol. The summed E-state index contributed by atoms with van der Waals surface area (Å²) in [6.45, 7) is 0. The van der Waals surface area contributed by atoms with Gasteiger partial charge in [0.25, 0.3) is 0 Å². The van der Waals surface area contributed by atoms with Crippen molar-refractivity contribution >= 4 is 26.7 Å². The fourth-order valence-electron chi connectivity index (χ4n) is 2.49. The van der Waals surface area contributed by atoms with E-state index in [9.17, 15) is 4.21 Å². The molecular formula is C19H15BrOS. The van der Waals surface area contributed by atoms with Crippen molar-refractivity contribution in [2.45, 2.75) is 4.90 Å². The maximum absolute atomic E-state index is 12.0. The quantitative estimate of drug-likeness (QED) is 0.592. The summed E-state index contributed by atoms with van der Waals surface area (Å²) < 4.78 is 13.0. The molecule has 3 heteroatoms. The van der Waals surface area contributed by atoms with E-state index in [-0.39, 0.29) is 0 Å². The van der Waals surface area contributed by atoms with Crippen molar-refractivity contribution in [1.29, 1.82) is 0 Å². The van der Waals surface area contributed by atoms with E-state index in [1.807, 2.05) is 48.5 Å². The molecule has 0 radical (unpaired) electrons. The SMILES string of the molecule is CS(=O)c1ccccc1-c1ccc(Br)c(-c2ccccc2)c1. The van der Waals surface area contributed by atoms with E-state index in [1.54, 1.807) is 6.26 Å². The van der Waals surface area contributed by atoms with Gasteiger partial charge in [0.2, 0.25) is 0 Å². The third-order valence-corrected chi connectivity index (χ3v) is 5.23. The fourth-order valence-corrected chi connectivity index (χ4v) is 3.73. The highest BCUT2D eigenvalue weighted by Crippen LogP contribution is 2.34. The average Bonchev–Trinajstić information content (AvgIpc) is 2.56. The lowest BCUT2D eigenvalue weighted by Gasteiger charge is -2.11. The van der Waals surface area contributed by atoms with Crippen LogP contribution in [0, 0.1) is 0 Å². The summed E-state index contributed by atoms with van der Waals surface area (Å²) in [5.41, 5.74) is 4.39. The summed E-state index contributed by atoms with van der Waals surface area (Å²) in [5.74, 6) is 0. The fraction of sp³-hybridized carbons (Fsp3) is 0.0526. The number of halogens is 1.